The number of pyridine rings is 1. The highest BCUT2D eigenvalue weighted by Crippen LogP contribution is 2.21. The van der Waals surface area contributed by atoms with Gasteiger partial charge in [-0.1, -0.05) is 0 Å². The molecule has 0 unspecified atom stereocenters. The molecule has 0 atom stereocenters. The van der Waals surface area contributed by atoms with Crippen molar-refractivity contribution in [3.63, 3.8) is 0 Å². The zero-order valence-electron chi connectivity index (χ0n) is 10.1. The molecule has 0 amide bonds. The summed E-state index contributed by atoms with van der Waals surface area (Å²) in [7, 11) is 0. The SMILES string of the molecule is CC(C)Oc1cccnc1-n1cnc(C(=O)O)c1. The van der Waals surface area contributed by atoms with Gasteiger partial charge < -0.3 is 9.84 Å². The summed E-state index contributed by atoms with van der Waals surface area (Å²) in [4.78, 5) is 18.7. The fraction of sp³-hybridized carbons (Fsp3) is 0.250. The highest BCUT2D eigenvalue weighted by molar-refractivity contribution is 5.85. The first kappa shape index (κ1) is 12.1. The van der Waals surface area contributed by atoms with E-state index in [-0.39, 0.29) is 11.8 Å². The summed E-state index contributed by atoms with van der Waals surface area (Å²) >= 11 is 0. The molecule has 0 aliphatic carbocycles. The molecule has 18 heavy (non-hydrogen) atoms. The maximum absolute atomic E-state index is 10.8. The van der Waals surface area contributed by atoms with Gasteiger partial charge in [0.25, 0.3) is 0 Å². The third kappa shape index (κ3) is 2.48. The first-order chi connectivity index (χ1) is 8.58. The molecule has 6 heteroatoms. The van der Waals surface area contributed by atoms with E-state index in [1.807, 2.05) is 13.8 Å². The van der Waals surface area contributed by atoms with Crippen molar-refractivity contribution in [3.8, 4) is 11.6 Å². The van der Waals surface area contributed by atoms with E-state index < -0.39 is 5.97 Å². The number of carboxylic acids is 1. The minimum absolute atomic E-state index is 0.00964. The number of carboxylic acid groups (broad SMARTS) is 1. The average Bonchev–Trinajstić information content (AvgIpc) is 2.78. The molecule has 0 aliphatic heterocycles. The van der Waals surface area contributed by atoms with Gasteiger partial charge >= 0.3 is 5.97 Å². The molecular formula is C12H13N3O3. The quantitative estimate of drug-likeness (QED) is 0.890. The first-order valence-electron chi connectivity index (χ1n) is 5.47. The molecule has 0 aromatic carbocycles. The Morgan fingerprint density at radius 2 is 2.22 bits per heavy atom. The van der Waals surface area contributed by atoms with Crippen LogP contribution in [0.25, 0.3) is 5.82 Å². The number of aromatic carboxylic acids is 1. The number of ether oxygens (including phenoxy) is 1. The van der Waals surface area contributed by atoms with Crippen molar-refractivity contribution < 1.29 is 14.6 Å². The molecule has 0 spiro atoms. The summed E-state index contributed by atoms with van der Waals surface area (Å²) < 4.78 is 7.14. The van der Waals surface area contributed by atoms with Crippen molar-refractivity contribution in [1.82, 2.24) is 14.5 Å². The standard InChI is InChI=1S/C12H13N3O3/c1-8(2)18-10-4-3-5-13-11(10)15-6-9(12(16)17)14-7-15/h3-8H,1-2H3,(H,16,17). The van der Waals surface area contributed by atoms with Crippen LogP contribution in [0.1, 0.15) is 24.3 Å². The minimum atomic E-state index is -1.07. The van der Waals surface area contributed by atoms with Gasteiger partial charge in [0.05, 0.1) is 6.10 Å². The number of nitrogens with zero attached hydrogens (tertiary/aromatic N) is 3. The largest absolute Gasteiger partial charge is 0.487 e. The zero-order chi connectivity index (χ0) is 13.1. The van der Waals surface area contributed by atoms with Crippen LogP contribution in [-0.4, -0.2) is 31.7 Å². The molecule has 0 saturated heterocycles. The van der Waals surface area contributed by atoms with Gasteiger partial charge in [-0.25, -0.2) is 14.8 Å². The number of rotatable bonds is 4. The lowest BCUT2D eigenvalue weighted by Gasteiger charge is -2.13. The van der Waals surface area contributed by atoms with Gasteiger partial charge in [-0.05, 0) is 26.0 Å². The van der Waals surface area contributed by atoms with Crippen molar-refractivity contribution in [2.24, 2.45) is 0 Å². The van der Waals surface area contributed by atoms with Crippen LogP contribution in [0, 0.1) is 0 Å². The van der Waals surface area contributed by atoms with Gasteiger partial charge in [0, 0.05) is 12.4 Å². The first-order valence-corrected chi connectivity index (χ1v) is 5.47. The smallest absolute Gasteiger partial charge is 0.356 e. The van der Waals surface area contributed by atoms with Crippen molar-refractivity contribution in [2.45, 2.75) is 20.0 Å². The lowest BCUT2D eigenvalue weighted by Crippen LogP contribution is -2.09. The summed E-state index contributed by atoms with van der Waals surface area (Å²) in [6, 6.07) is 3.54. The van der Waals surface area contributed by atoms with Crippen molar-refractivity contribution >= 4 is 5.97 Å². The van der Waals surface area contributed by atoms with E-state index in [1.54, 1.807) is 18.3 Å². The number of hydrogen-bond donors (Lipinski definition) is 1. The van der Waals surface area contributed by atoms with E-state index in [0.29, 0.717) is 11.6 Å². The van der Waals surface area contributed by atoms with E-state index >= 15 is 0 Å². The summed E-state index contributed by atoms with van der Waals surface area (Å²) in [5.41, 5.74) is -0.0313. The molecule has 6 nitrogen and oxygen atoms in total. The minimum Gasteiger partial charge on any atom is -0.487 e. The van der Waals surface area contributed by atoms with E-state index in [0.717, 1.165) is 0 Å². The van der Waals surface area contributed by atoms with Crippen LogP contribution >= 0.6 is 0 Å². The van der Waals surface area contributed by atoms with Crippen LogP contribution in [0.15, 0.2) is 30.9 Å². The normalized spacial score (nSPS) is 10.6. The lowest BCUT2D eigenvalue weighted by atomic mass is 10.4. The maximum Gasteiger partial charge on any atom is 0.356 e. The van der Waals surface area contributed by atoms with Gasteiger partial charge in [-0.3, -0.25) is 4.57 Å². The van der Waals surface area contributed by atoms with Crippen LogP contribution in [0.5, 0.6) is 5.75 Å². The maximum atomic E-state index is 10.8. The van der Waals surface area contributed by atoms with Crippen molar-refractivity contribution in [2.75, 3.05) is 0 Å². The second-order valence-electron chi connectivity index (χ2n) is 3.96. The number of imidazole rings is 1. The van der Waals surface area contributed by atoms with Gasteiger partial charge in [0.2, 0.25) is 0 Å². The number of hydrogen-bond acceptors (Lipinski definition) is 4. The molecule has 0 saturated carbocycles. The lowest BCUT2D eigenvalue weighted by molar-refractivity contribution is 0.0691. The van der Waals surface area contributed by atoms with E-state index in [1.165, 1.54) is 17.1 Å². The molecule has 0 bridgehead atoms. The zero-order valence-corrected chi connectivity index (χ0v) is 10.1. The van der Waals surface area contributed by atoms with E-state index in [4.69, 9.17) is 9.84 Å². The predicted molar refractivity (Wildman–Crippen MR) is 64.1 cm³/mol. The van der Waals surface area contributed by atoms with E-state index in [2.05, 4.69) is 9.97 Å². The molecule has 2 aromatic heterocycles. The number of aromatic nitrogens is 3. The Morgan fingerprint density at radius 3 is 2.83 bits per heavy atom. The Balaban J connectivity index is 2.39. The van der Waals surface area contributed by atoms with Crippen LogP contribution < -0.4 is 4.74 Å². The Labute approximate surface area is 104 Å². The predicted octanol–water partition coefficient (Wildman–Crippen LogP) is 1.75. The summed E-state index contributed by atoms with van der Waals surface area (Å²) in [5.74, 6) is 0.0315. The second kappa shape index (κ2) is 4.87. The highest BCUT2D eigenvalue weighted by Gasteiger charge is 2.12. The average molecular weight is 247 g/mol. The van der Waals surface area contributed by atoms with Crippen LogP contribution in [0.3, 0.4) is 0 Å². The molecule has 2 rings (SSSR count). The van der Waals surface area contributed by atoms with Crippen LogP contribution in [-0.2, 0) is 0 Å². The van der Waals surface area contributed by atoms with Crippen molar-refractivity contribution in [1.29, 1.82) is 0 Å². The molecule has 0 aliphatic rings. The van der Waals surface area contributed by atoms with E-state index in [9.17, 15) is 4.79 Å². The van der Waals surface area contributed by atoms with Gasteiger partial charge in [0.15, 0.2) is 17.3 Å². The summed E-state index contributed by atoms with van der Waals surface area (Å²) in [6.45, 7) is 3.82. The summed E-state index contributed by atoms with van der Waals surface area (Å²) in [5, 5.41) is 8.83. The topological polar surface area (TPSA) is 77.2 Å². The molecule has 0 radical (unpaired) electrons. The molecule has 2 aromatic rings. The third-order valence-corrected chi connectivity index (χ3v) is 2.16. The molecular weight excluding hydrogens is 234 g/mol. The summed E-state index contributed by atoms with van der Waals surface area (Å²) in [6.07, 6.45) is 4.43. The fourth-order valence-electron chi connectivity index (χ4n) is 1.47. The molecule has 1 N–H and O–H groups in total. The highest BCUT2D eigenvalue weighted by atomic mass is 16.5. The van der Waals surface area contributed by atoms with Gasteiger partial charge in [0.1, 0.15) is 6.33 Å². The monoisotopic (exact) mass is 247 g/mol. The van der Waals surface area contributed by atoms with Crippen molar-refractivity contribution in [3.05, 3.63) is 36.5 Å². The van der Waals surface area contributed by atoms with Gasteiger partial charge in [-0.15, -0.1) is 0 Å². The Hall–Kier alpha value is -2.37. The Bertz CT molecular complexity index is 563. The third-order valence-electron chi connectivity index (χ3n) is 2.16. The molecule has 94 valence electrons. The van der Waals surface area contributed by atoms with Crippen LogP contribution in [0.2, 0.25) is 0 Å². The Morgan fingerprint density at radius 1 is 1.44 bits per heavy atom. The fourth-order valence-corrected chi connectivity index (χ4v) is 1.47. The molecule has 2 heterocycles. The second-order valence-corrected chi connectivity index (χ2v) is 3.96. The van der Waals surface area contributed by atoms with Crippen LogP contribution in [0.4, 0.5) is 0 Å². The Kier molecular flexibility index (Phi) is 3.27. The molecule has 0 fully saturated rings. The van der Waals surface area contributed by atoms with Gasteiger partial charge in [-0.2, -0.15) is 0 Å². The number of carbonyl (C=O) groups is 1.